The molecule has 1 fully saturated rings. The Morgan fingerprint density at radius 1 is 1.16 bits per heavy atom. The lowest BCUT2D eigenvalue weighted by Gasteiger charge is -2.17. The van der Waals surface area contributed by atoms with E-state index >= 15 is 0 Å². The predicted molar refractivity (Wildman–Crippen MR) is 123 cm³/mol. The van der Waals surface area contributed by atoms with Crippen molar-refractivity contribution >= 4 is 17.7 Å². The number of hydrogen-bond acceptors (Lipinski definition) is 4. The number of aliphatic imine (C=N–C) groups is 1. The Kier molecular flexibility index (Phi) is 8.32. The third-order valence-electron chi connectivity index (χ3n) is 5.67. The Morgan fingerprint density at radius 3 is 2.61 bits per heavy atom. The number of likely N-dealkylation sites (tertiary alicyclic amines) is 1. The van der Waals surface area contributed by atoms with Gasteiger partial charge in [0.15, 0.2) is 11.7 Å². The first-order valence-electron chi connectivity index (χ1n) is 11.2. The minimum atomic E-state index is -0.0279. The number of rotatable bonds is 8. The van der Waals surface area contributed by atoms with E-state index in [-0.39, 0.29) is 6.03 Å². The Hall–Kier alpha value is -3.03. The number of amides is 2. The predicted octanol–water partition coefficient (Wildman–Crippen LogP) is 4.07. The maximum Gasteiger partial charge on any atom is 0.321 e. The summed E-state index contributed by atoms with van der Waals surface area (Å²) in [7, 11) is 1.73. The Labute approximate surface area is 184 Å². The molecule has 1 aliphatic rings. The number of nitrogens with one attached hydrogen (secondary N) is 3. The largest absolute Gasteiger partial charge is 0.359 e. The quantitative estimate of drug-likeness (QED) is 0.437. The highest BCUT2D eigenvalue weighted by molar-refractivity contribution is 5.89. The number of urea groups is 1. The van der Waals surface area contributed by atoms with Gasteiger partial charge in [-0.3, -0.25) is 4.99 Å². The smallest absolute Gasteiger partial charge is 0.321 e. The lowest BCUT2D eigenvalue weighted by molar-refractivity contribution is 0.222. The second kappa shape index (κ2) is 11.4. The number of anilines is 1. The molecule has 0 radical (unpaired) electrons. The molecule has 0 aliphatic carbocycles. The zero-order valence-electron chi connectivity index (χ0n) is 18.8. The molecule has 168 valence electrons. The Bertz CT molecular complexity index is 868. The van der Waals surface area contributed by atoms with Gasteiger partial charge in [-0.1, -0.05) is 31.1 Å². The minimum Gasteiger partial charge on any atom is -0.359 e. The number of benzene rings is 1. The maximum absolute atomic E-state index is 12.3. The summed E-state index contributed by atoms with van der Waals surface area (Å²) in [5.41, 5.74) is 2.87. The summed E-state index contributed by atoms with van der Waals surface area (Å²) in [4.78, 5) is 18.4. The second-order valence-electron chi connectivity index (χ2n) is 7.84. The summed E-state index contributed by atoms with van der Waals surface area (Å²) >= 11 is 0. The van der Waals surface area contributed by atoms with E-state index in [0.29, 0.717) is 25.0 Å². The zero-order valence-corrected chi connectivity index (χ0v) is 18.8. The molecule has 8 nitrogen and oxygen atoms in total. The van der Waals surface area contributed by atoms with Crippen LogP contribution in [-0.4, -0.2) is 42.2 Å². The first-order valence-corrected chi connectivity index (χ1v) is 11.2. The number of aromatic nitrogens is 1. The molecule has 2 amide bonds. The highest BCUT2D eigenvalue weighted by Gasteiger charge is 2.17. The fourth-order valence-corrected chi connectivity index (χ4v) is 3.77. The molecule has 8 heteroatoms. The van der Waals surface area contributed by atoms with Crippen LogP contribution in [0.2, 0.25) is 0 Å². The van der Waals surface area contributed by atoms with Crippen LogP contribution in [-0.2, 0) is 13.1 Å². The van der Waals surface area contributed by atoms with Gasteiger partial charge in [-0.05, 0) is 43.4 Å². The van der Waals surface area contributed by atoms with Crippen molar-refractivity contribution < 1.29 is 9.32 Å². The average Bonchev–Trinajstić information content (AvgIpc) is 3.48. The summed E-state index contributed by atoms with van der Waals surface area (Å²) in [6.45, 7) is 7.10. The summed E-state index contributed by atoms with van der Waals surface area (Å²) < 4.78 is 5.46. The lowest BCUT2D eigenvalue weighted by atomic mass is 9.99. The molecule has 0 spiro atoms. The van der Waals surface area contributed by atoms with Crippen molar-refractivity contribution in [1.82, 2.24) is 20.7 Å². The summed E-state index contributed by atoms with van der Waals surface area (Å²) in [6, 6.07) is 9.84. The maximum atomic E-state index is 12.3. The molecule has 0 atom stereocenters. The minimum absolute atomic E-state index is 0.0279. The Balaban J connectivity index is 1.48. The van der Waals surface area contributed by atoms with Crippen molar-refractivity contribution in [3.63, 3.8) is 0 Å². The average molecular weight is 427 g/mol. The van der Waals surface area contributed by atoms with Gasteiger partial charge >= 0.3 is 6.03 Å². The van der Waals surface area contributed by atoms with E-state index in [1.807, 2.05) is 35.2 Å². The zero-order chi connectivity index (χ0) is 22.1. The number of carbonyl (C=O) groups excluding carboxylic acids is 1. The molecule has 2 heterocycles. The first-order chi connectivity index (χ1) is 15.1. The molecule has 31 heavy (non-hydrogen) atoms. The van der Waals surface area contributed by atoms with Crippen LogP contribution in [0.25, 0.3) is 0 Å². The van der Waals surface area contributed by atoms with Crippen LogP contribution < -0.4 is 16.0 Å². The van der Waals surface area contributed by atoms with Crippen molar-refractivity contribution in [3.8, 4) is 0 Å². The summed E-state index contributed by atoms with van der Waals surface area (Å²) in [5, 5.41) is 13.7. The van der Waals surface area contributed by atoms with Crippen molar-refractivity contribution in [1.29, 1.82) is 0 Å². The molecule has 1 aliphatic heterocycles. The van der Waals surface area contributed by atoms with Gasteiger partial charge in [0.2, 0.25) is 0 Å². The number of nitrogens with zero attached hydrogens (tertiary/aromatic N) is 3. The summed E-state index contributed by atoms with van der Waals surface area (Å²) in [5.74, 6) is 1.90. The van der Waals surface area contributed by atoms with Crippen LogP contribution in [0.1, 0.15) is 62.5 Å². The molecular weight excluding hydrogens is 392 g/mol. The topological polar surface area (TPSA) is 94.8 Å². The molecule has 1 aromatic carbocycles. The lowest BCUT2D eigenvalue weighted by Crippen LogP contribution is -2.36. The molecule has 0 unspecified atom stereocenters. The van der Waals surface area contributed by atoms with Crippen molar-refractivity contribution in [2.75, 3.05) is 25.5 Å². The van der Waals surface area contributed by atoms with E-state index in [1.165, 1.54) is 0 Å². The molecule has 0 bridgehead atoms. The molecule has 3 N–H and O–H groups in total. The molecule has 2 aromatic rings. The van der Waals surface area contributed by atoms with E-state index in [1.54, 1.807) is 7.05 Å². The van der Waals surface area contributed by atoms with Crippen LogP contribution in [0, 0.1) is 0 Å². The van der Waals surface area contributed by atoms with E-state index in [0.717, 1.165) is 61.5 Å². The monoisotopic (exact) mass is 426 g/mol. The highest BCUT2D eigenvalue weighted by atomic mass is 16.5. The van der Waals surface area contributed by atoms with Gasteiger partial charge in [-0.25, -0.2) is 4.79 Å². The SMILES string of the molecule is CCC(CC)c1cc(CNC(=NC)NCc2cccc(NC(=O)N3CCCC3)c2)on1. The van der Waals surface area contributed by atoms with Crippen LogP contribution in [0.5, 0.6) is 0 Å². The van der Waals surface area contributed by atoms with Crippen molar-refractivity contribution in [3.05, 3.63) is 47.3 Å². The van der Waals surface area contributed by atoms with E-state index in [9.17, 15) is 4.79 Å². The van der Waals surface area contributed by atoms with Crippen molar-refractivity contribution in [2.24, 2.45) is 4.99 Å². The van der Waals surface area contributed by atoms with Gasteiger partial charge in [-0.15, -0.1) is 0 Å². The van der Waals surface area contributed by atoms with E-state index in [2.05, 4.69) is 39.9 Å². The van der Waals surface area contributed by atoms with Gasteiger partial charge in [0.1, 0.15) is 0 Å². The van der Waals surface area contributed by atoms with Crippen LogP contribution >= 0.6 is 0 Å². The van der Waals surface area contributed by atoms with Crippen LogP contribution in [0.3, 0.4) is 0 Å². The van der Waals surface area contributed by atoms with Gasteiger partial charge < -0.3 is 25.4 Å². The van der Waals surface area contributed by atoms with Crippen molar-refractivity contribution in [2.45, 2.75) is 58.5 Å². The fourth-order valence-electron chi connectivity index (χ4n) is 3.77. The van der Waals surface area contributed by atoms with Gasteiger partial charge in [-0.2, -0.15) is 0 Å². The second-order valence-corrected chi connectivity index (χ2v) is 7.84. The normalized spacial score (nSPS) is 14.2. The number of hydrogen-bond donors (Lipinski definition) is 3. The fraction of sp³-hybridized carbons (Fsp3) is 0.522. The molecule has 1 aromatic heterocycles. The number of carbonyl (C=O) groups is 1. The van der Waals surface area contributed by atoms with Gasteiger partial charge in [0.05, 0.1) is 12.2 Å². The standard InChI is InChI=1S/C23H34N6O2/c1-4-18(5-2)21-14-20(31-28-21)16-26-22(24-3)25-15-17-9-8-10-19(13-17)27-23(30)29-11-6-7-12-29/h8-10,13-14,18H,4-7,11-12,15-16H2,1-3H3,(H,27,30)(H2,24,25,26). The van der Waals surface area contributed by atoms with E-state index in [4.69, 9.17) is 4.52 Å². The third-order valence-corrected chi connectivity index (χ3v) is 5.67. The summed E-state index contributed by atoms with van der Waals surface area (Å²) in [6.07, 6.45) is 4.26. The third kappa shape index (κ3) is 6.47. The molecule has 3 rings (SSSR count). The molecule has 1 saturated heterocycles. The first kappa shape index (κ1) is 22.7. The van der Waals surface area contributed by atoms with Gasteiger partial charge in [0, 0.05) is 44.4 Å². The Morgan fingerprint density at radius 2 is 1.90 bits per heavy atom. The van der Waals surface area contributed by atoms with Gasteiger partial charge in [0.25, 0.3) is 0 Å². The van der Waals surface area contributed by atoms with Crippen LogP contribution in [0.15, 0.2) is 39.8 Å². The number of guanidine groups is 1. The molecule has 0 saturated carbocycles. The highest BCUT2D eigenvalue weighted by Crippen LogP contribution is 2.22. The van der Waals surface area contributed by atoms with E-state index < -0.39 is 0 Å². The van der Waals surface area contributed by atoms with Crippen LogP contribution in [0.4, 0.5) is 10.5 Å². The molecular formula is C23H34N6O2.